The fourth-order valence-corrected chi connectivity index (χ4v) is 3.66. The van der Waals surface area contributed by atoms with Crippen LogP contribution in [0.1, 0.15) is 11.1 Å². The Morgan fingerprint density at radius 3 is 2.53 bits per heavy atom. The zero-order valence-corrected chi connectivity index (χ0v) is 17.4. The summed E-state index contributed by atoms with van der Waals surface area (Å²) in [6.45, 7) is 1.51. The monoisotopic (exact) mass is 459 g/mol. The van der Waals surface area contributed by atoms with Crippen LogP contribution in [-0.4, -0.2) is 25.3 Å². The van der Waals surface area contributed by atoms with Crippen LogP contribution in [0.25, 0.3) is 5.65 Å². The molecule has 0 aliphatic carbocycles. The Morgan fingerprint density at radius 1 is 1.06 bits per heavy atom. The van der Waals surface area contributed by atoms with Crippen LogP contribution in [0, 0.1) is 6.92 Å². The second-order valence-electron chi connectivity index (χ2n) is 6.92. The molecule has 0 aliphatic rings. The van der Waals surface area contributed by atoms with Crippen LogP contribution in [0.3, 0.4) is 0 Å². The molecule has 32 heavy (non-hydrogen) atoms. The lowest BCUT2D eigenvalue weighted by molar-refractivity contribution is -0.137. The van der Waals surface area contributed by atoms with E-state index in [0.717, 1.165) is 31.8 Å². The highest BCUT2D eigenvalue weighted by Gasteiger charge is 2.30. The average Bonchev–Trinajstić information content (AvgIpc) is 3.04. The maximum atomic E-state index is 12.8. The van der Waals surface area contributed by atoms with Gasteiger partial charge in [-0.25, -0.2) is 9.48 Å². The number of hydrogen-bond acceptors (Lipinski definition) is 5. The third-order valence-corrected chi connectivity index (χ3v) is 5.36. The Kier molecular flexibility index (Phi) is 5.74. The van der Waals surface area contributed by atoms with Crippen molar-refractivity contribution in [3.05, 3.63) is 82.3 Å². The van der Waals surface area contributed by atoms with Crippen molar-refractivity contribution in [2.24, 2.45) is 0 Å². The fourth-order valence-electron chi connectivity index (χ4n) is 2.89. The number of nitrogens with zero attached hydrogens (tertiary/aromatic N) is 4. The van der Waals surface area contributed by atoms with Crippen molar-refractivity contribution in [2.75, 3.05) is 5.32 Å². The number of anilines is 1. The molecule has 0 spiro atoms. The summed E-state index contributed by atoms with van der Waals surface area (Å²) in [4.78, 5) is 25.8. The maximum Gasteiger partial charge on any atom is 0.416 e. The van der Waals surface area contributed by atoms with Crippen LogP contribution >= 0.6 is 11.8 Å². The van der Waals surface area contributed by atoms with Crippen LogP contribution in [-0.2, 0) is 17.5 Å². The van der Waals surface area contributed by atoms with Gasteiger partial charge in [0.1, 0.15) is 11.6 Å². The van der Waals surface area contributed by atoms with Crippen LogP contribution in [0.4, 0.5) is 18.9 Å². The second-order valence-corrected chi connectivity index (χ2v) is 8.02. The van der Waals surface area contributed by atoms with Gasteiger partial charge in [0.2, 0.25) is 5.91 Å². The van der Waals surface area contributed by atoms with Gasteiger partial charge in [-0.3, -0.25) is 4.79 Å². The van der Waals surface area contributed by atoms with Crippen molar-refractivity contribution in [1.82, 2.24) is 19.4 Å². The largest absolute Gasteiger partial charge is 0.416 e. The molecule has 4 rings (SSSR count). The van der Waals surface area contributed by atoms with Gasteiger partial charge in [-0.1, -0.05) is 35.5 Å². The van der Waals surface area contributed by atoms with Crippen molar-refractivity contribution in [1.29, 1.82) is 0 Å². The molecule has 0 radical (unpaired) electrons. The van der Waals surface area contributed by atoms with Gasteiger partial charge in [-0.05, 0) is 49.4 Å². The summed E-state index contributed by atoms with van der Waals surface area (Å²) in [5, 5.41) is 11.3. The number of rotatable bonds is 5. The standard InChI is InChI=1S/C21H16F3N5O2S/c1-13-5-7-16(8-6-13)32-19-10-9-17-26-28(20(31)29(17)27-19)12-18(30)25-15-4-2-3-14(11-15)21(22,23)24/h2-11H,12H2,1H3,(H,25,30). The average molecular weight is 459 g/mol. The van der Waals surface area contributed by atoms with Crippen molar-refractivity contribution < 1.29 is 18.0 Å². The summed E-state index contributed by atoms with van der Waals surface area (Å²) in [6.07, 6.45) is -4.53. The first-order valence-electron chi connectivity index (χ1n) is 9.37. The second kappa shape index (κ2) is 8.50. The van der Waals surface area contributed by atoms with Gasteiger partial charge in [-0.2, -0.15) is 22.8 Å². The molecule has 11 heteroatoms. The Bertz CT molecular complexity index is 1350. The molecule has 4 aromatic rings. The van der Waals surface area contributed by atoms with Gasteiger partial charge in [0.05, 0.1) is 5.56 Å². The third-order valence-electron chi connectivity index (χ3n) is 4.43. The third kappa shape index (κ3) is 4.83. The topological polar surface area (TPSA) is 81.3 Å². The number of carbonyl (C=O) groups is 1. The van der Waals surface area contributed by atoms with E-state index in [-0.39, 0.29) is 11.3 Å². The molecule has 2 heterocycles. The number of aromatic nitrogens is 4. The van der Waals surface area contributed by atoms with Crippen molar-refractivity contribution >= 4 is 29.0 Å². The Hall–Kier alpha value is -3.60. The highest BCUT2D eigenvalue weighted by Crippen LogP contribution is 2.30. The number of aryl methyl sites for hydroxylation is 1. The predicted octanol–water partition coefficient (Wildman–Crippen LogP) is 4.01. The van der Waals surface area contributed by atoms with Crippen molar-refractivity contribution in [2.45, 2.75) is 29.6 Å². The molecule has 0 bridgehead atoms. The zero-order valence-electron chi connectivity index (χ0n) is 16.6. The highest BCUT2D eigenvalue weighted by molar-refractivity contribution is 7.99. The first-order valence-corrected chi connectivity index (χ1v) is 10.2. The number of benzene rings is 2. The fraction of sp³-hybridized carbons (Fsp3) is 0.143. The van der Waals surface area contributed by atoms with E-state index >= 15 is 0 Å². The molecular weight excluding hydrogens is 443 g/mol. The van der Waals surface area contributed by atoms with E-state index in [1.54, 1.807) is 12.1 Å². The van der Waals surface area contributed by atoms with Gasteiger partial charge < -0.3 is 5.32 Å². The van der Waals surface area contributed by atoms with E-state index < -0.39 is 29.9 Å². The summed E-state index contributed by atoms with van der Waals surface area (Å²) in [7, 11) is 0. The molecule has 0 aliphatic heterocycles. The molecule has 1 N–H and O–H groups in total. The molecule has 1 amide bonds. The van der Waals surface area contributed by atoms with E-state index in [1.165, 1.54) is 23.9 Å². The van der Waals surface area contributed by atoms with Crippen LogP contribution in [0.15, 0.2) is 75.4 Å². The molecule has 0 fully saturated rings. The molecule has 0 saturated carbocycles. The number of halogens is 3. The number of carbonyl (C=O) groups excluding carboxylic acids is 1. The van der Waals surface area contributed by atoms with Gasteiger partial charge in [0.15, 0.2) is 5.65 Å². The van der Waals surface area contributed by atoms with Gasteiger partial charge in [-0.15, -0.1) is 5.10 Å². The highest BCUT2D eigenvalue weighted by atomic mass is 32.2. The number of hydrogen-bond donors (Lipinski definition) is 1. The van der Waals surface area contributed by atoms with E-state index in [1.807, 2.05) is 31.2 Å². The quantitative estimate of drug-likeness (QED) is 0.488. The lowest BCUT2D eigenvalue weighted by Gasteiger charge is -2.09. The Morgan fingerprint density at radius 2 is 1.81 bits per heavy atom. The van der Waals surface area contributed by atoms with Crippen molar-refractivity contribution in [3.63, 3.8) is 0 Å². The molecule has 0 atom stereocenters. The zero-order chi connectivity index (χ0) is 22.9. The van der Waals surface area contributed by atoms with Crippen LogP contribution in [0.2, 0.25) is 0 Å². The summed E-state index contributed by atoms with van der Waals surface area (Å²) >= 11 is 1.37. The SMILES string of the molecule is Cc1ccc(Sc2ccc3nn(CC(=O)Nc4cccc(C(F)(F)F)c4)c(=O)n3n2)cc1. The summed E-state index contributed by atoms with van der Waals surface area (Å²) in [6, 6.07) is 15.4. The van der Waals surface area contributed by atoms with Crippen molar-refractivity contribution in [3.8, 4) is 0 Å². The Balaban J connectivity index is 1.51. The van der Waals surface area contributed by atoms with E-state index in [4.69, 9.17) is 0 Å². The molecule has 2 aromatic heterocycles. The maximum absolute atomic E-state index is 12.8. The molecule has 164 valence electrons. The minimum Gasteiger partial charge on any atom is -0.324 e. The smallest absolute Gasteiger partial charge is 0.324 e. The predicted molar refractivity (Wildman–Crippen MR) is 113 cm³/mol. The molecule has 0 unspecified atom stereocenters. The summed E-state index contributed by atoms with van der Waals surface area (Å²) in [5.41, 5.74) is -0.182. The lowest BCUT2D eigenvalue weighted by Crippen LogP contribution is -2.29. The first kappa shape index (κ1) is 21.6. The van der Waals surface area contributed by atoms with E-state index in [9.17, 15) is 22.8 Å². The van der Waals surface area contributed by atoms with Gasteiger partial charge in [0.25, 0.3) is 0 Å². The van der Waals surface area contributed by atoms with E-state index in [2.05, 4.69) is 15.5 Å². The van der Waals surface area contributed by atoms with Gasteiger partial charge >= 0.3 is 11.9 Å². The number of nitrogens with one attached hydrogen (secondary N) is 1. The van der Waals surface area contributed by atoms with Gasteiger partial charge in [0, 0.05) is 10.6 Å². The molecule has 2 aromatic carbocycles. The molecule has 7 nitrogen and oxygen atoms in total. The molecule has 0 saturated heterocycles. The first-order chi connectivity index (χ1) is 15.2. The minimum atomic E-state index is -4.53. The molecular formula is C21H16F3N5O2S. The van der Waals surface area contributed by atoms with Crippen LogP contribution in [0.5, 0.6) is 0 Å². The minimum absolute atomic E-state index is 0.0310. The number of alkyl halides is 3. The summed E-state index contributed by atoms with van der Waals surface area (Å²) in [5.74, 6) is -0.691. The van der Waals surface area contributed by atoms with E-state index in [0.29, 0.717) is 5.03 Å². The normalized spacial score (nSPS) is 11.6. The number of amides is 1. The Labute approximate surface area is 183 Å². The van der Waals surface area contributed by atoms with Crippen LogP contribution < -0.4 is 11.0 Å². The lowest BCUT2D eigenvalue weighted by atomic mass is 10.2. The summed E-state index contributed by atoms with van der Waals surface area (Å²) < 4.78 is 40.5. The number of fused-ring (bicyclic) bond motifs is 1.